The van der Waals surface area contributed by atoms with Gasteiger partial charge in [-0.3, -0.25) is 4.79 Å². The predicted molar refractivity (Wildman–Crippen MR) is 64.0 cm³/mol. The highest BCUT2D eigenvalue weighted by Crippen LogP contribution is 2.23. The summed E-state index contributed by atoms with van der Waals surface area (Å²) in [5.41, 5.74) is -0.597. The van der Waals surface area contributed by atoms with Gasteiger partial charge in [-0.15, -0.1) is 0 Å². The number of rotatable bonds is 2. The Morgan fingerprint density at radius 1 is 1.39 bits per heavy atom. The minimum absolute atomic E-state index is 0.0762. The molecule has 0 aromatic rings. The largest absolute Gasteiger partial charge is 0.469 e. The first-order chi connectivity index (χ1) is 8.23. The molecule has 6 heteroatoms. The molecular formula is C12H21NO5. The number of hydrogen-bond acceptors (Lipinski definition) is 5. The molecule has 1 aliphatic heterocycles. The minimum Gasteiger partial charge on any atom is -0.469 e. The summed E-state index contributed by atoms with van der Waals surface area (Å²) in [6, 6.07) is -0.359. The molecule has 0 radical (unpaired) electrons. The number of β-amino-alcohol motifs (C(OH)–C–C–N with tert-alkyl or cyclic N) is 1. The lowest BCUT2D eigenvalue weighted by Gasteiger charge is -2.27. The van der Waals surface area contributed by atoms with Crippen molar-refractivity contribution in [3.63, 3.8) is 0 Å². The molecule has 1 heterocycles. The highest BCUT2D eigenvalue weighted by Gasteiger charge is 2.37. The van der Waals surface area contributed by atoms with Gasteiger partial charge < -0.3 is 19.5 Å². The fourth-order valence-corrected chi connectivity index (χ4v) is 1.91. The molecule has 0 aromatic carbocycles. The third-order valence-electron chi connectivity index (χ3n) is 2.65. The number of hydrogen-bond donors (Lipinski definition) is 1. The first-order valence-electron chi connectivity index (χ1n) is 5.97. The maximum Gasteiger partial charge on any atom is 0.410 e. The van der Waals surface area contributed by atoms with E-state index in [1.54, 1.807) is 20.8 Å². The molecule has 0 aliphatic carbocycles. The maximum atomic E-state index is 11.9. The number of amides is 1. The molecule has 0 saturated carbocycles. The summed E-state index contributed by atoms with van der Waals surface area (Å²) in [6.45, 7) is 5.50. The Morgan fingerprint density at radius 2 is 2.00 bits per heavy atom. The van der Waals surface area contributed by atoms with E-state index in [9.17, 15) is 14.7 Å². The van der Waals surface area contributed by atoms with Gasteiger partial charge in [0.2, 0.25) is 0 Å². The van der Waals surface area contributed by atoms with E-state index in [0.29, 0.717) is 6.42 Å². The van der Waals surface area contributed by atoms with Crippen molar-refractivity contribution in [1.29, 1.82) is 0 Å². The van der Waals surface area contributed by atoms with Crippen LogP contribution in [-0.2, 0) is 14.3 Å². The molecule has 1 N–H and O–H groups in total. The molecule has 2 atom stereocenters. The number of carbonyl (C=O) groups is 2. The van der Waals surface area contributed by atoms with Crippen LogP contribution < -0.4 is 0 Å². The summed E-state index contributed by atoms with van der Waals surface area (Å²) in [5, 5.41) is 9.60. The van der Waals surface area contributed by atoms with Crippen LogP contribution in [-0.4, -0.2) is 53.5 Å². The van der Waals surface area contributed by atoms with Gasteiger partial charge in [0.05, 0.1) is 26.2 Å². The third kappa shape index (κ3) is 4.18. The normalized spacial score (nSPS) is 23.9. The Labute approximate surface area is 107 Å². The van der Waals surface area contributed by atoms with Crippen molar-refractivity contribution in [3.05, 3.63) is 0 Å². The van der Waals surface area contributed by atoms with Crippen molar-refractivity contribution < 1.29 is 24.2 Å². The molecule has 1 saturated heterocycles. The monoisotopic (exact) mass is 259 g/mol. The van der Waals surface area contributed by atoms with Gasteiger partial charge in [0.1, 0.15) is 5.60 Å². The van der Waals surface area contributed by atoms with Gasteiger partial charge >= 0.3 is 12.1 Å². The van der Waals surface area contributed by atoms with Crippen LogP contribution in [0.25, 0.3) is 0 Å². The van der Waals surface area contributed by atoms with E-state index in [4.69, 9.17) is 4.74 Å². The molecule has 0 spiro atoms. The number of nitrogens with zero attached hydrogens (tertiary/aromatic N) is 1. The highest BCUT2D eigenvalue weighted by atomic mass is 16.6. The highest BCUT2D eigenvalue weighted by molar-refractivity contribution is 5.73. The van der Waals surface area contributed by atoms with Gasteiger partial charge in [0, 0.05) is 6.04 Å². The average Bonchev–Trinajstić information content (AvgIpc) is 2.56. The topological polar surface area (TPSA) is 76.1 Å². The van der Waals surface area contributed by atoms with Crippen LogP contribution in [0.4, 0.5) is 4.79 Å². The van der Waals surface area contributed by atoms with Crippen molar-refractivity contribution in [1.82, 2.24) is 4.90 Å². The van der Waals surface area contributed by atoms with Crippen LogP contribution in [0, 0.1) is 0 Å². The number of methoxy groups -OCH3 is 1. The molecule has 18 heavy (non-hydrogen) atoms. The average molecular weight is 259 g/mol. The Balaban J connectivity index is 2.66. The van der Waals surface area contributed by atoms with Gasteiger partial charge in [-0.05, 0) is 27.2 Å². The first-order valence-corrected chi connectivity index (χ1v) is 5.97. The number of likely N-dealkylation sites (tertiary alicyclic amines) is 1. The molecule has 1 amide bonds. The van der Waals surface area contributed by atoms with Crippen LogP contribution in [0.1, 0.15) is 33.6 Å². The Morgan fingerprint density at radius 3 is 2.50 bits per heavy atom. The Bertz CT molecular complexity index is 323. The van der Waals surface area contributed by atoms with Gasteiger partial charge in [0.15, 0.2) is 0 Å². The summed E-state index contributed by atoms with van der Waals surface area (Å²) in [5.74, 6) is -0.400. The first kappa shape index (κ1) is 14.8. The van der Waals surface area contributed by atoms with Crippen LogP contribution in [0.15, 0.2) is 0 Å². The molecule has 1 fully saturated rings. The minimum atomic E-state index is -0.618. The second kappa shape index (κ2) is 5.56. The van der Waals surface area contributed by atoms with Gasteiger partial charge in [-0.25, -0.2) is 4.79 Å². The third-order valence-corrected chi connectivity index (χ3v) is 2.65. The van der Waals surface area contributed by atoms with Crippen molar-refractivity contribution >= 4 is 12.1 Å². The van der Waals surface area contributed by atoms with Crippen molar-refractivity contribution in [2.75, 3.05) is 13.7 Å². The summed E-state index contributed by atoms with van der Waals surface area (Å²) in [6.07, 6.45) is -0.679. The number of esters is 1. The standard InChI is InChI=1S/C12H21NO5/c1-12(2,3)18-11(16)13-7-9(14)5-8(13)6-10(15)17-4/h8-9,14H,5-7H2,1-4H3/t8?,9-/m1/s1. The molecule has 0 aromatic heterocycles. The van der Waals surface area contributed by atoms with Crippen LogP contribution in [0.2, 0.25) is 0 Å². The van der Waals surface area contributed by atoms with E-state index in [2.05, 4.69) is 4.74 Å². The SMILES string of the molecule is COC(=O)CC1C[C@@H](O)CN1C(=O)OC(C)(C)C. The van der Waals surface area contributed by atoms with E-state index < -0.39 is 23.8 Å². The summed E-state index contributed by atoms with van der Waals surface area (Å²) >= 11 is 0. The van der Waals surface area contributed by atoms with Gasteiger partial charge in [-0.1, -0.05) is 0 Å². The fourth-order valence-electron chi connectivity index (χ4n) is 1.91. The molecular weight excluding hydrogens is 238 g/mol. The van der Waals surface area contributed by atoms with Crippen LogP contribution in [0.3, 0.4) is 0 Å². The number of aliphatic hydroxyl groups excluding tert-OH is 1. The number of aliphatic hydroxyl groups is 1. The Kier molecular flexibility index (Phi) is 4.56. The fraction of sp³-hybridized carbons (Fsp3) is 0.833. The molecule has 1 unspecified atom stereocenters. The zero-order valence-corrected chi connectivity index (χ0v) is 11.3. The predicted octanol–water partition coefficient (Wildman–Crippen LogP) is 0.920. The lowest BCUT2D eigenvalue weighted by atomic mass is 10.1. The summed E-state index contributed by atoms with van der Waals surface area (Å²) in [7, 11) is 1.30. The second-order valence-electron chi connectivity index (χ2n) is 5.46. The van der Waals surface area contributed by atoms with Crippen molar-refractivity contribution in [2.45, 2.75) is 51.4 Å². The summed E-state index contributed by atoms with van der Waals surface area (Å²) in [4.78, 5) is 24.6. The van der Waals surface area contributed by atoms with Crippen LogP contribution in [0.5, 0.6) is 0 Å². The van der Waals surface area contributed by atoms with Crippen molar-refractivity contribution in [3.8, 4) is 0 Å². The molecule has 1 aliphatic rings. The smallest absolute Gasteiger partial charge is 0.410 e. The quantitative estimate of drug-likeness (QED) is 0.746. The van der Waals surface area contributed by atoms with Gasteiger partial charge in [-0.2, -0.15) is 0 Å². The molecule has 0 bridgehead atoms. The number of carbonyl (C=O) groups excluding carboxylic acids is 2. The zero-order valence-electron chi connectivity index (χ0n) is 11.3. The van der Waals surface area contributed by atoms with E-state index >= 15 is 0 Å². The van der Waals surface area contributed by atoms with Crippen LogP contribution >= 0.6 is 0 Å². The summed E-state index contributed by atoms with van der Waals surface area (Å²) < 4.78 is 9.82. The maximum absolute atomic E-state index is 11.9. The lowest BCUT2D eigenvalue weighted by Crippen LogP contribution is -2.41. The lowest BCUT2D eigenvalue weighted by molar-refractivity contribution is -0.141. The van der Waals surface area contributed by atoms with Crippen molar-refractivity contribution in [2.24, 2.45) is 0 Å². The molecule has 6 nitrogen and oxygen atoms in total. The molecule has 1 rings (SSSR count). The number of ether oxygens (including phenoxy) is 2. The van der Waals surface area contributed by atoms with E-state index in [1.165, 1.54) is 12.0 Å². The van der Waals surface area contributed by atoms with E-state index in [1.807, 2.05) is 0 Å². The second-order valence-corrected chi connectivity index (χ2v) is 5.46. The molecule has 104 valence electrons. The van der Waals surface area contributed by atoms with E-state index in [-0.39, 0.29) is 19.0 Å². The van der Waals surface area contributed by atoms with E-state index in [0.717, 1.165) is 0 Å². The zero-order chi connectivity index (χ0) is 13.9. The van der Waals surface area contributed by atoms with Gasteiger partial charge in [0.25, 0.3) is 0 Å². The Hall–Kier alpha value is -1.30.